The summed E-state index contributed by atoms with van der Waals surface area (Å²) in [4.78, 5) is 21.7. The molecule has 284 valence electrons. The molecule has 1 aromatic carbocycles. The van der Waals surface area contributed by atoms with Crippen molar-refractivity contribution in [2.24, 2.45) is 5.73 Å². The second-order valence-corrected chi connectivity index (χ2v) is 13.8. The van der Waals surface area contributed by atoms with Gasteiger partial charge in [-0.1, -0.05) is 153 Å². The van der Waals surface area contributed by atoms with Crippen LogP contribution in [0.5, 0.6) is 0 Å². The number of carboxylic acids is 1. The fraction of sp³-hybridized carbons (Fsp3) is 0.730. The van der Waals surface area contributed by atoms with Gasteiger partial charge in [0.15, 0.2) is 5.96 Å². The summed E-state index contributed by atoms with van der Waals surface area (Å²) in [5.74, 6) is 0.281. The number of nitrogens with two attached hydrogens (primary N) is 1. The predicted octanol–water partition coefficient (Wildman–Crippen LogP) is 11.7. The number of benzene rings is 1. The topological polar surface area (TPSA) is 155 Å². The van der Waals surface area contributed by atoms with Gasteiger partial charge >= 0.3 is 6.03 Å². The Kier molecular flexibility index (Phi) is 41.7. The second kappa shape index (κ2) is 40.1. The number of nitrogens with one attached hydrogen (secondary N) is 3. The van der Waals surface area contributed by atoms with Crippen LogP contribution in [0.3, 0.4) is 0 Å². The lowest BCUT2D eigenvalue weighted by atomic mass is 10.1. The third-order valence-corrected chi connectivity index (χ3v) is 8.45. The summed E-state index contributed by atoms with van der Waals surface area (Å²) in [5.41, 5.74) is 5.81. The molecular weight excluding hydrogens is 679 g/mol. The molecule has 6 N–H and O–H groups in total. The Labute approximate surface area is 313 Å². The SMILES string of the molecule is CC(=O)O.CCCCCCCCCCCCNC(=N)N.CCCCCCCCCCCCSC#N.CN(C)C(=O)Nc1ccc(Cl)c(Cl)c1. The molecule has 0 atom stereocenters. The van der Waals surface area contributed by atoms with Gasteiger partial charge in [-0.3, -0.25) is 10.2 Å². The maximum atomic E-state index is 11.2. The molecule has 0 aliphatic rings. The molecule has 9 nitrogen and oxygen atoms in total. The fourth-order valence-corrected chi connectivity index (χ4v) is 5.09. The first-order valence-corrected chi connectivity index (χ1v) is 19.9. The van der Waals surface area contributed by atoms with Crippen molar-refractivity contribution in [3.63, 3.8) is 0 Å². The monoisotopic (exact) mass is 746 g/mol. The molecule has 0 saturated heterocycles. The van der Waals surface area contributed by atoms with Gasteiger partial charge in [-0.25, -0.2) is 4.79 Å². The van der Waals surface area contributed by atoms with Gasteiger partial charge in [-0.15, -0.1) is 0 Å². The first-order valence-electron chi connectivity index (χ1n) is 18.1. The number of amides is 2. The molecule has 0 aromatic heterocycles. The number of thiocyanates is 1. The third-order valence-electron chi connectivity index (χ3n) is 7.09. The number of aliphatic carboxylic acids is 1. The number of carbonyl (C=O) groups excluding carboxylic acids is 1. The average Bonchev–Trinajstić information content (AvgIpc) is 3.04. The number of carboxylic acid groups (broad SMARTS) is 1. The van der Waals surface area contributed by atoms with Gasteiger partial charge in [0.05, 0.1) is 10.0 Å². The van der Waals surface area contributed by atoms with Crippen molar-refractivity contribution in [1.29, 1.82) is 10.7 Å². The summed E-state index contributed by atoms with van der Waals surface area (Å²) < 4.78 is 0. The highest BCUT2D eigenvalue weighted by molar-refractivity contribution is 8.03. The first kappa shape index (κ1) is 51.0. The van der Waals surface area contributed by atoms with E-state index in [4.69, 9.17) is 49.5 Å². The van der Waals surface area contributed by atoms with Crippen LogP contribution < -0.4 is 16.4 Å². The summed E-state index contributed by atoms with van der Waals surface area (Å²) in [6.07, 6.45) is 27.2. The molecule has 1 rings (SSSR count). The molecule has 0 heterocycles. The number of carbonyl (C=O) groups is 2. The van der Waals surface area contributed by atoms with E-state index in [0.29, 0.717) is 15.7 Å². The Morgan fingerprint density at radius 3 is 1.59 bits per heavy atom. The van der Waals surface area contributed by atoms with Crippen LogP contribution in [0.4, 0.5) is 10.5 Å². The van der Waals surface area contributed by atoms with Gasteiger partial charge in [0.1, 0.15) is 5.40 Å². The van der Waals surface area contributed by atoms with Crippen molar-refractivity contribution >= 4 is 58.6 Å². The minimum atomic E-state index is -0.833. The maximum Gasteiger partial charge on any atom is 0.321 e. The average molecular weight is 748 g/mol. The molecule has 0 aliphatic heterocycles. The van der Waals surface area contributed by atoms with Crippen LogP contribution >= 0.6 is 35.0 Å². The molecule has 0 saturated carbocycles. The van der Waals surface area contributed by atoms with Crippen LogP contribution in [-0.2, 0) is 4.79 Å². The van der Waals surface area contributed by atoms with Crippen LogP contribution in [-0.4, -0.2) is 54.4 Å². The number of urea groups is 1. The van der Waals surface area contributed by atoms with Gasteiger partial charge in [0.2, 0.25) is 0 Å². The zero-order valence-electron chi connectivity index (χ0n) is 31.2. The van der Waals surface area contributed by atoms with E-state index in [-0.39, 0.29) is 12.0 Å². The van der Waals surface area contributed by atoms with E-state index in [1.54, 1.807) is 32.3 Å². The predicted molar refractivity (Wildman–Crippen MR) is 214 cm³/mol. The summed E-state index contributed by atoms with van der Waals surface area (Å²) in [5, 5.41) is 31.2. The molecule has 0 radical (unpaired) electrons. The van der Waals surface area contributed by atoms with E-state index < -0.39 is 5.97 Å². The van der Waals surface area contributed by atoms with Gasteiger partial charge in [-0.2, -0.15) is 5.26 Å². The lowest BCUT2D eigenvalue weighted by molar-refractivity contribution is -0.134. The van der Waals surface area contributed by atoms with Crippen molar-refractivity contribution in [1.82, 2.24) is 10.2 Å². The highest BCUT2D eigenvalue weighted by atomic mass is 35.5. The highest BCUT2D eigenvalue weighted by Crippen LogP contribution is 2.25. The number of guanidine groups is 1. The molecule has 12 heteroatoms. The Hall–Kier alpha value is -2.35. The van der Waals surface area contributed by atoms with Crippen LogP contribution in [0.15, 0.2) is 18.2 Å². The molecule has 0 unspecified atom stereocenters. The Morgan fingerprint density at radius 2 is 1.22 bits per heavy atom. The number of unbranched alkanes of at least 4 members (excludes halogenated alkanes) is 18. The normalized spacial score (nSPS) is 9.76. The molecule has 49 heavy (non-hydrogen) atoms. The zero-order chi connectivity index (χ0) is 37.5. The molecule has 0 fully saturated rings. The van der Waals surface area contributed by atoms with E-state index in [0.717, 1.165) is 25.6 Å². The minimum Gasteiger partial charge on any atom is -0.481 e. The Morgan fingerprint density at radius 1 is 0.816 bits per heavy atom. The molecule has 0 bridgehead atoms. The van der Waals surface area contributed by atoms with Gasteiger partial charge < -0.3 is 26.4 Å². The number of nitrogens with zero attached hydrogens (tertiary/aromatic N) is 2. The van der Waals surface area contributed by atoms with E-state index >= 15 is 0 Å². The summed E-state index contributed by atoms with van der Waals surface area (Å²) >= 11 is 12.9. The number of anilines is 1. The summed E-state index contributed by atoms with van der Waals surface area (Å²) in [6.45, 7) is 6.46. The van der Waals surface area contributed by atoms with Crippen molar-refractivity contribution in [3.8, 4) is 5.40 Å². The number of nitriles is 1. The number of rotatable bonds is 23. The number of thioether (sulfide) groups is 1. The standard InChI is InChI=1S/C13H29N3.C13H25NS.C9H10Cl2N2O.C2H4O2/c1-2-3-4-5-6-7-8-9-10-11-12-16-13(14)15;1-2-3-4-5-6-7-8-9-10-11-12-15-13-14;1-13(2)9(14)12-6-3-4-7(10)8(11)5-6;1-2(3)4/h2-12H2,1H3,(H4,14,15,16);2-12H2,1H3;3-5H,1-2H3,(H,12,14);1H3,(H,3,4). The molecule has 1 aromatic rings. The molecule has 2 amide bonds. The van der Waals surface area contributed by atoms with E-state index in [9.17, 15) is 4.79 Å². The lowest BCUT2D eigenvalue weighted by Gasteiger charge is -2.12. The van der Waals surface area contributed by atoms with Crippen molar-refractivity contribution < 1.29 is 14.7 Å². The van der Waals surface area contributed by atoms with Crippen LogP contribution in [0.25, 0.3) is 0 Å². The quantitative estimate of drug-likeness (QED) is 0.0323. The minimum absolute atomic E-state index is 0.0934. The summed E-state index contributed by atoms with van der Waals surface area (Å²) in [6, 6.07) is 4.72. The van der Waals surface area contributed by atoms with Crippen molar-refractivity contribution in [2.45, 2.75) is 149 Å². The smallest absolute Gasteiger partial charge is 0.321 e. The van der Waals surface area contributed by atoms with E-state index in [2.05, 4.69) is 29.9 Å². The maximum absolute atomic E-state index is 11.2. The van der Waals surface area contributed by atoms with Crippen LogP contribution in [0.2, 0.25) is 10.0 Å². The number of hydrogen-bond acceptors (Lipinski definition) is 5. The van der Waals surface area contributed by atoms with Gasteiger partial charge in [0.25, 0.3) is 5.97 Å². The lowest BCUT2D eigenvalue weighted by Crippen LogP contribution is -2.30. The number of hydrogen-bond donors (Lipinski definition) is 5. The van der Waals surface area contributed by atoms with Crippen molar-refractivity contribution in [2.75, 3.05) is 31.7 Å². The summed E-state index contributed by atoms with van der Waals surface area (Å²) in [7, 11) is 3.32. The largest absolute Gasteiger partial charge is 0.481 e. The second-order valence-electron chi connectivity index (χ2n) is 12.1. The Bertz CT molecular complexity index is 976. The van der Waals surface area contributed by atoms with E-state index in [1.165, 1.54) is 139 Å². The van der Waals surface area contributed by atoms with Crippen LogP contribution in [0.1, 0.15) is 149 Å². The highest BCUT2D eigenvalue weighted by Gasteiger charge is 2.05. The number of halogens is 2. The molecular formula is C37H68Cl2N6O3S. The van der Waals surface area contributed by atoms with Gasteiger partial charge in [-0.05, 0) is 42.8 Å². The van der Waals surface area contributed by atoms with Crippen molar-refractivity contribution in [3.05, 3.63) is 28.2 Å². The molecule has 0 aliphatic carbocycles. The Balaban J connectivity index is -0.000000613. The fourth-order valence-electron chi connectivity index (χ4n) is 4.35. The van der Waals surface area contributed by atoms with E-state index in [1.807, 2.05) is 0 Å². The first-order chi connectivity index (χ1) is 23.4. The van der Waals surface area contributed by atoms with Crippen LogP contribution in [0, 0.1) is 16.1 Å². The zero-order valence-corrected chi connectivity index (χ0v) is 33.5. The molecule has 0 spiro atoms. The third kappa shape index (κ3) is 45.7. The van der Waals surface area contributed by atoms with Gasteiger partial charge in [0, 0.05) is 39.0 Å².